The Morgan fingerprint density at radius 1 is 1.19 bits per heavy atom. The largest absolute Gasteiger partial charge is 0.492 e. The summed E-state index contributed by atoms with van der Waals surface area (Å²) in [4.78, 5) is 0. The molecule has 0 radical (unpaired) electrons. The number of halogens is 2. The van der Waals surface area contributed by atoms with Crippen LogP contribution >= 0.6 is 23.2 Å². The maximum absolute atomic E-state index is 6.29. The average Bonchev–Trinajstić information content (AvgIpc) is 2.32. The zero-order valence-corrected chi connectivity index (χ0v) is 15.2. The van der Waals surface area contributed by atoms with E-state index < -0.39 is 0 Å². The summed E-state index contributed by atoms with van der Waals surface area (Å²) in [6.45, 7) is 12.2. The average molecular weight is 332 g/mol. The van der Waals surface area contributed by atoms with Crippen LogP contribution in [0.3, 0.4) is 0 Å². The van der Waals surface area contributed by atoms with E-state index in [-0.39, 0.29) is 5.54 Å². The fourth-order valence-corrected chi connectivity index (χ4v) is 2.52. The number of benzene rings is 1. The lowest BCUT2D eigenvalue weighted by Crippen LogP contribution is -2.35. The summed E-state index contributed by atoms with van der Waals surface area (Å²) in [6, 6.07) is 3.66. The minimum atomic E-state index is 0.0315. The highest BCUT2D eigenvalue weighted by molar-refractivity contribution is 6.35. The fourth-order valence-electron chi connectivity index (χ4n) is 1.93. The van der Waals surface area contributed by atoms with Crippen LogP contribution < -0.4 is 10.1 Å². The Bertz CT molecular complexity index is 453. The molecule has 120 valence electrons. The fraction of sp³-hybridized carbons (Fsp3) is 0.647. The molecule has 1 rings (SSSR count). The van der Waals surface area contributed by atoms with E-state index in [1.165, 1.54) is 0 Å². The molecule has 1 aromatic rings. The first-order valence-corrected chi connectivity index (χ1v) is 8.30. The van der Waals surface area contributed by atoms with E-state index in [1.807, 2.05) is 6.07 Å². The van der Waals surface area contributed by atoms with Crippen LogP contribution in [-0.2, 0) is 6.54 Å². The van der Waals surface area contributed by atoms with Crippen molar-refractivity contribution in [1.82, 2.24) is 5.32 Å². The Kier molecular flexibility index (Phi) is 7.32. The Labute approximate surface area is 139 Å². The van der Waals surface area contributed by atoms with Crippen molar-refractivity contribution in [2.24, 2.45) is 5.92 Å². The maximum atomic E-state index is 6.29. The van der Waals surface area contributed by atoms with Crippen molar-refractivity contribution in [3.8, 4) is 5.75 Å². The van der Waals surface area contributed by atoms with E-state index in [4.69, 9.17) is 27.9 Å². The molecule has 0 bridgehead atoms. The third-order valence-corrected chi connectivity index (χ3v) is 3.57. The van der Waals surface area contributed by atoms with Gasteiger partial charge in [-0.05, 0) is 51.7 Å². The molecule has 0 unspecified atom stereocenters. The molecule has 21 heavy (non-hydrogen) atoms. The molecule has 1 aromatic carbocycles. The van der Waals surface area contributed by atoms with Crippen LogP contribution in [0.25, 0.3) is 0 Å². The van der Waals surface area contributed by atoms with Crippen molar-refractivity contribution < 1.29 is 4.74 Å². The summed E-state index contributed by atoms with van der Waals surface area (Å²) in [6.07, 6.45) is 2.18. The molecule has 2 nitrogen and oxygen atoms in total. The van der Waals surface area contributed by atoms with Crippen LogP contribution in [-0.4, -0.2) is 12.1 Å². The number of hydrogen-bond donors (Lipinski definition) is 1. The Morgan fingerprint density at radius 3 is 2.43 bits per heavy atom. The normalized spacial score (nSPS) is 12.0. The van der Waals surface area contributed by atoms with Gasteiger partial charge in [0.15, 0.2) is 0 Å². The Morgan fingerprint density at radius 2 is 1.86 bits per heavy atom. The number of hydrogen-bond acceptors (Lipinski definition) is 2. The number of rotatable bonds is 7. The summed E-state index contributed by atoms with van der Waals surface area (Å²) in [5.41, 5.74) is 1.04. The molecule has 0 atom stereocenters. The molecule has 0 aliphatic rings. The van der Waals surface area contributed by atoms with Crippen LogP contribution in [0.5, 0.6) is 5.75 Å². The second-order valence-electron chi connectivity index (χ2n) is 6.86. The molecular formula is C17H27Cl2NO. The van der Waals surface area contributed by atoms with Gasteiger partial charge in [-0.15, -0.1) is 0 Å². The highest BCUT2D eigenvalue weighted by Gasteiger charge is 2.14. The van der Waals surface area contributed by atoms with Crippen molar-refractivity contribution in [3.05, 3.63) is 27.7 Å². The van der Waals surface area contributed by atoms with Crippen molar-refractivity contribution in [3.63, 3.8) is 0 Å². The predicted molar refractivity (Wildman–Crippen MR) is 92.6 cm³/mol. The first kappa shape index (κ1) is 18.6. The quantitative estimate of drug-likeness (QED) is 0.647. The van der Waals surface area contributed by atoms with Crippen LogP contribution in [0, 0.1) is 5.92 Å². The second kappa shape index (κ2) is 8.26. The number of nitrogens with one attached hydrogen (secondary N) is 1. The van der Waals surface area contributed by atoms with Gasteiger partial charge in [0.25, 0.3) is 0 Å². The summed E-state index contributed by atoms with van der Waals surface area (Å²) >= 11 is 12.4. The standard InChI is InChI=1S/C17H27Cl2NO/c1-12(2)7-6-8-21-16-13(11-20-17(3,4)5)9-14(18)10-15(16)19/h9-10,12,20H,6-8,11H2,1-5H3. The molecule has 1 N–H and O–H groups in total. The lowest BCUT2D eigenvalue weighted by atomic mass is 10.1. The van der Waals surface area contributed by atoms with Gasteiger partial charge in [-0.25, -0.2) is 0 Å². The monoisotopic (exact) mass is 331 g/mol. The molecule has 0 heterocycles. The van der Waals surface area contributed by atoms with Gasteiger partial charge in [-0.2, -0.15) is 0 Å². The third kappa shape index (κ3) is 7.39. The second-order valence-corrected chi connectivity index (χ2v) is 7.71. The molecule has 4 heteroatoms. The Balaban J connectivity index is 2.75. The van der Waals surface area contributed by atoms with Gasteiger partial charge < -0.3 is 10.1 Å². The van der Waals surface area contributed by atoms with Gasteiger partial charge in [0.1, 0.15) is 5.75 Å². The van der Waals surface area contributed by atoms with E-state index in [1.54, 1.807) is 6.07 Å². The third-order valence-electron chi connectivity index (χ3n) is 3.07. The first-order chi connectivity index (χ1) is 9.69. The van der Waals surface area contributed by atoms with Gasteiger partial charge in [-0.3, -0.25) is 0 Å². The van der Waals surface area contributed by atoms with Crippen LogP contribution in [0.15, 0.2) is 12.1 Å². The smallest absolute Gasteiger partial charge is 0.142 e. The predicted octanol–water partition coefficient (Wildman–Crippen LogP) is 5.70. The van der Waals surface area contributed by atoms with E-state index in [0.717, 1.165) is 24.2 Å². The highest BCUT2D eigenvalue weighted by atomic mass is 35.5. The zero-order chi connectivity index (χ0) is 16.0. The molecule has 0 saturated carbocycles. The first-order valence-electron chi connectivity index (χ1n) is 7.55. The van der Waals surface area contributed by atoms with Crippen LogP contribution in [0.2, 0.25) is 10.0 Å². The molecular weight excluding hydrogens is 305 g/mol. The lowest BCUT2D eigenvalue weighted by molar-refractivity contribution is 0.293. The van der Waals surface area contributed by atoms with Gasteiger partial charge in [0.05, 0.1) is 11.6 Å². The van der Waals surface area contributed by atoms with Gasteiger partial charge in [0.2, 0.25) is 0 Å². The molecule has 0 fully saturated rings. The molecule has 0 aliphatic heterocycles. The molecule has 0 aliphatic carbocycles. The zero-order valence-electron chi connectivity index (χ0n) is 13.7. The van der Waals surface area contributed by atoms with Crippen LogP contribution in [0.1, 0.15) is 53.0 Å². The summed E-state index contributed by atoms with van der Waals surface area (Å²) in [5, 5.41) is 4.66. The van der Waals surface area contributed by atoms with E-state index in [0.29, 0.717) is 29.1 Å². The van der Waals surface area contributed by atoms with Crippen molar-refractivity contribution >= 4 is 23.2 Å². The highest BCUT2D eigenvalue weighted by Crippen LogP contribution is 2.33. The van der Waals surface area contributed by atoms with Gasteiger partial charge >= 0.3 is 0 Å². The topological polar surface area (TPSA) is 21.3 Å². The van der Waals surface area contributed by atoms with Crippen molar-refractivity contribution in [1.29, 1.82) is 0 Å². The SMILES string of the molecule is CC(C)CCCOc1c(Cl)cc(Cl)cc1CNC(C)(C)C. The van der Waals surface area contributed by atoms with Gasteiger partial charge in [0, 0.05) is 22.7 Å². The molecule has 0 amide bonds. The summed E-state index contributed by atoms with van der Waals surface area (Å²) in [5.74, 6) is 1.44. The number of ether oxygens (including phenoxy) is 1. The van der Waals surface area contributed by atoms with Crippen molar-refractivity contribution in [2.45, 2.75) is 59.5 Å². The van der Waals surface area contributed by atoms with E-state index in [2.05, 4.69) is 39.9 Å². The van der Waals surface area contributed by atoms with Gasteiger partial charge in [-0.1, -0.05) is 37.0 Å². The summed E-state index contributed by atoms with van der Waals surface area (Å²) < 4.78 is 5.91. The minimum absolute atomic E-state index is 0.0315. The van der Waals surface area contributed by atoms with E-state index in [9.17, 15) is 0 Å². The van der Waals surface area contributed by atoms with Crippen molar-refractivity contribution in [2.75, 3.05) is 6.61 Å². The van der Waals surface area contributed by atoms with E-state index >= 15 is 0 Å². The molecule has 0 spiro atoms. The van der Waals surface area contributed by atoms with Crippen LogP contribution in [0.4, 0.5) is 0 Å². The lowest BCUT2D eigenvalue weighted by Gasteiger charge is -2.22. The maximum Gasteiger partial charge on any atom is 0.142 e. The molecule has 0 aromatic heterocycles. The minimum Gasteiger partial charge on any atom is -0.492 e. The summed E-state index contributed by atoms with van der Waals surface area (Å²) in [7, 11) is 0. The molecule has 0 saturated heterocycles. The Hall–Kier alpha value is -0.440.